The number of urea groups is 1. The van der Waals surface area contributed by atoms with E-state index in [1.165, 1.54) is 6.07 Å². The van der Waals surface area contributed by atoms with Gasteiger partial charge in [0.2, 0.25) is 0 Å². The smallest absolute Gasteiger partial charge is 0.362 e. The number of alkyl halides is 3. The quantitative estimate of drug-likeness (QED) is 0.137. The van der Waals surface area contributed by atoms with E-state index in [0.29, 0.717) is 34.6 Å². The molecule has 39 heavy (non-hydrogen) atoms. The van der Waals surface area contributed by atoms with Gasteiger partial charge in [-0.25, -0.2) is 13.6 Å². The Bertz CT molecular complexity index is 1610. The van der Waals surface area contributed by atoms with Crippen molar-refractivity contribution in [2.45, 2.75) is 6.18 Å². The summed E-state index contributed by atoms with van der Waals surface area (Å²) in [4.78, 5) is 27.8. The average Bonchev–Trinajstić information content (AvgIpc) is 3.45. The van der Waals surface area contributed by atoms with Crippen molar-refractivity contribution in [1.29, 1.82) is 0 Å². The summed E-state index contributed by atoms with van der Waals surface area (Å²) >= 11 is 0. The summed E-state index contributed by atoms with van der Waals surface area (Å²) in [7, 11) is 0. The predicted octanol–water partition coefficient (Wildman–Crippen LogP) is 7.19. The molecule has 0 saturated carbocycles. The number of fused-ring (bicyclic) bond motifs is 1. The van der Waals surface area contributed by atoms with Crippen LogP contribution in [0.2, 0.25) is 0 Å². The number of hydrogen-bond donors (Lipinski definition) is 5. The first-order chi connectivity index (χ1) is 18.5. The summed E-state index contributed by atoms with van der Waals surface area (Å²) in [5.41, 5.74) is 1.49. The molecule has 3 amide bonds. The van der Waals surface area contributed by atoms with Crippen molar-refractivity contribution < 1.29 is 31.5 Å². The fraction of sp³-hybridized carbons (Fsp3) is 0.0370. The zero-order valence-electron chi connectivity index (χ0n) is 19.7. The van der Waals surface area contributed by atoms with Crippen LogP contribution in [0.25, 0.3) is 11.6 Å². The van der Waals surface area contributed by atoms with E-state index in [1.807, 2.05) is 12.1 Å². The molecule has 2 heterocycles. The number of aromatic nitrogens is 1. The van der Waals surface area contributed by atoms with Crippen LogP contribution in [0.15, 0.2) is 72.9 Å². The average molecular weight is 539 g/mol. The summed E-state index contributed by atoms with van der Waals surface area (Å²) in [5.74, 6) is -2.18. The lowest BCUT2D eigenvalue weighted by molar-refractivity contribution is -0.137. The molecule has 0 fully saturated rings. The van der Waals surface area contributed by atoms with Crippen LogP contribution in [0.1, 0.15) is 16.8 Å². The Kier molecular flexibility index (Phi) is 6.52. The molecule has 5 N–H and O–H groups in total. The second kappa shape index (κ2) is 9.97. The minimum Gasteiger partial charge on any atom is -0.362 e. The number of anilines is 5. The van der Waals surface area contributed by atoms with Gasteiger partial charge in [-0.05, 0) is 66.7 Å². The number of nitrogens with one attached hydrogen (secondary N) is 5. The van der Waals surface area contributed by atoms with Gasteiger partial charge in [-0.2, -0.15) is 13.2 Å². The molecular formula is C27H18F5N5O2. The number of carbonyl (C=O) groups is 2. The Morgan fingerprint density at radius 1 is 0.821 bits per heavy atom. The zero-order chi connectivity index (χ0) is 27.7. The maximum absolute atomic E-state index is 14.3. The second-order valence-electron chi connectivity index (χ2n) is 8.56. The van der Waals surface area contributed by atoms with Crippen LogP contribution in [0, 0.1) is 11.6 Å². The Hall–Kier alpha value is -5.13. The van der Waals surface area contributed by atoms with Crippen LogP contribution in [-0.4, -0.2) is 16.9 Å². The van der Waals surface area contributed by atoms with Crippen molar-refractivity contribution in [3.8, 4) is 0 Å². The molecule has 198 valence electrons. The molecule has 0 atom stereocenters. The van der Waals surface area contributed by atoms with Crippen molar-refractivity contribution >= 4 is 52.0 Å². The summed E-state index contributed by atoms with van der Waals surface area (Å²) in [5, 5.41) is 10.2. The van der Waals surface area contributed by atoms with E-state index in [2.05, 4.69) is 26.3 Å². The molecule has 1 aliphatic heterocycles. The molecule has 3 aromatic carbocycles. The predicted molar refractivity (Wildman–Crippen MR) is 137 cm³/mol. The third-order valence-electron chi connectivity index (χ3n) is 5.65. The Morgan fingerprint density at radius 2 is 1.51 bits per heavy atom. The highest BCUT2D eigenvalue weighted by atomic mass is 19.4. The van der Waals surface area contributed by atoms with E-state index < -0.39 is 35.1 Å². The maximum Gasteiger partial charge on any atom is 0.416 e. The van der Waals surface area contributed by atoms with Crippen LogP contribution in [-0.2, 0) is 11.0 Å². The van der Waals surface area contributed by atoms with Crippen molar-refractivity contribution in [3.05, 3.63) is 101 Å². The van der Waals surface area contributed by atoms with Gasteiger partial charge in [-0.1, -0.05) is 6.07 Å². The van der Waals surface area contributed by atoms with E-state index in [-0.39, 0.29) is 17.3 Å². The normalized spacial score (nSPS) is 13.7. The van der Waals surface area contributed by atoms with Crippen LogP contribution in [0.5, 0.6) is 0 Å². The van der Waals surface area contributed by atoms with Crippen molar-refractivity contribution in [2.24, 2.45) is 0 Å². The molecule has 7 nitrogen and oxygen atoms in total. The van der Waals surface area contributed by atoms with Gasteiger partial charge in [-0.15, -0.1) is 0 Å². The molecule has 0 radical (unpaired) electrons. The summed E-state index contributed by atoms with van der Waals surface area (Å²) in [6.07, 6.45) is -1.35. The van der Waals surface area contributed by atoms with Gasteiger partial charge in [0.15, 0.2) is 0 Å². The third kappa shape index (κ3) is 5.90. The highest BCUT2D eigenvalue weighted by Gasteiger charge is 2.31. The molecule has 4 aromatic rings. The minimum atomic E-state index is -4.81. The third-order valence-corrected chi connectivity index (χ3v) is 5.65. The summed E-state index contributed by atoms with van der Waals surface area (Å²) in [6.45, 7) is 0. The molecule has 0 saturated heterocycles. The molecule has 0 unspecified atom stereocenters. The monoisotopic (exact) mass is 539 g/mol. The fourth-order valence-corrected chi connectivity index (χ4v) is 4.02. The number of halogens is 5. The fourth-order valence-electron chi connectivity index (χ4n) is 4.02. The highest BCUT2D eigenvalue weighted by Crippen LogP contribution is 2.36. The molecule has 12 heteroatoms. The first-order valence-corrected chi connectivity index (χ1v) is 11.4. The van der Waals surface area contributed by atoms with Crippen molar-refractivity contribution in [2.75, 3.05) is 21.3 Å². The first kappa shape index (κ1) is 25.5. The lowest BCUT2D eigenvalue weighted by atomic mass is 10.1. The Morgan fingerprint density at radius 3 is 2.21 bits per heavy atom. The van der Waals surface area contributed by atoms with Crippen LogP contribution in [0.3, 0.4) is 0 Å². The number of carbonyl (C=O) groups excluding carboxylic acids is 2. The van der Waals surface area contributed by atoms with Gasteiger partial charge in [0.25, 0.3) is 5.91 Å². The largest absolute Gasteiger partial charge is 0.416 e. The molecule has 0 bridgehead atoms. The van der Waals surface area contributed by atoms with E-state index in [9.17, 15) is 31.5 Å². The second-order valence-corrected chi connectivity index (χ2v) is 8.56. The molecular weight excluding hydrogens is 521 g/mol. The number of benzene rings is 3. The molecule has 5 rings (SSSR count). The van der Waals surface area contributed by atoms with Crippen molar-refractivity contribution in [3.63, 3.8) is 0 Å². The van der Waals surface area contributed by atoms with Crippen LogP contribution < -0.4 is 21.3 Å². The number of H-pyrrole nitrogens is 1. The van der Waals surface area contributed by atoms with Crippen LogP contribution in [0.4, 0.5) is 55.2 Å². The van der Waals surface area contributed by atoms with E-state index >= 15 is 0 Å². The summed E-state index contributed by atoms with van der Waals surface area (Å²) < 4.78 is 66.7. The number of hydrogen-bond acceptors (Lipinski definition) is 3. The van der Waals surface area contributed by atoms with Crippen molar-refractivity contribution in [1.82, 2.24) is 4.98 Å². The number of rotatable bonds is 5. The van der Waals surface area contributed by atoms with Crippen LogP contribution >= 0.6 is 0 Å². The van der Waals surface area contributed by atoms with E-state index in [0.717, 1.165) is 23.9 Å². The Labute approximate surface area is 217 Å². The van der Waals surface area contributed by atoms with Gasteiger partial charge in [0.05, 0.1) is 16.8 Å². The lowest BCUT2D eigenvalue weighted by Gasteiger charge is -2.13. The van der Waals surface area contributed by atoms with E-state index in [1.54, 1.807) is 30.5 Å². The first-order valence-electron chi connectivity index (χ1n) is 11.4. The van der Waals surface area contributed by atoms with Gasteiger partial charge in [0, 0.05) is 40.2 Å². The Balaban J connectivity index is 1.30. The standard InChI is InChI=1S/C27H18F5N5O2/c28-15-6-14(27(30,31)32)7-19(8-15)35-26(39)36-21-10-16(29)9-20(11-21)34-18-3-4-22-23(12-17-2-1-5-33-17)25(38)37-24(22)13-18/h1-13,33-34H,(H,37,38)(H2,35,36,39). The van der Waals surface area contributed by atoms with Gasteiger partial charge >= 0.3 is 12.2 Å². The molecule has 0 spiro atoms. The summed E-state index contributed by atoms with van der Waals surface area (Å²) in [6, 6.07) is 12.8. The van der Waals surface area contributed by atoms with Gasteiger partial charge in [-0.3, -0.25) is 4.79 Å². The molecule has 1 aliphatic rings. The van der Waals surface area contributed by atoms with Gasteiger partial charge < -0.3 is 26.3 Å². The molecule has 0 aliphatic carbocycles. The van der Waals surface area contributed by atoms with E-state index in [4.69, 9.17) is 0 Å². The number of aromatic amines is 1. The number of amides is 3. The topological polar surface area (TPSA) is 98.1 Å². The minimum absolute atomic E-state index is 0.0203. The van der Waals surface area contributed by atoms with Gasteiger partial charge in [0.1, 0.15) is 11.6 Å². The zero-order valence-corrected chi connectivity index (χ0v) is 19.7. The lowest BCUT2D eigenvalue weighted by Crippen LogP contribution is -2.20. The molecule has 1 aromatic heterocycles. The maximum atomic E-state index is 14.3. The SMILES string of the molecule is O=C(Nc1cc(F)cc(Nc2ccc3c(c2)NC(=O)C3=Cc2ccc[nH]2)c1)Nc1cc(F)cc(C(F)(F)F)c1. The highest BCUT2D eigenvalue weighted by molar-refractivity contribution is 6.35.